The first-order valence-corrected chi connectivity index (χ1v) is 11.6. The summed E-state index contributed by atoms with van der Waals surface area (Å²) in [5, 5.41) is 2.86. The van der Waals surface area contributed by atoms with Crippen LogP contribution in [0.1, 0.15) is 52.0 Å². The fourth-order valence-electron chi connectivity index (χ4n) is 4.30. The molecule has 2 aliphatic rings. The average molecular weight is 458 g/mol. The number of halogens is 1. The Morgan fingerprint density at radius 3 is 2.30 bits per heavy atom. The zero-order chi connectivity index (χ0) is 24.1. The quantitative estimate of drug-likeness (QED) is 0.456. The number of hydrogen-bond donors (Lipinski definition) is 1. The van der Waals surface area contributed by atoms with Crippen molar-refractivity contribution in [1.29, 1.82) is 0 Å². The second-order valence-electron chi connectivity index (χ2n) is 8.84. The maximum absolute atomic E-state index is 14.3. The van der Waals surface area contributed by atoms with Gasteiger partial charge in [-0.15, -0.1) is 0 Å². The molecule has 0 spiro atoms. The number of rotatable bonds is 9. The first kappa shape index (κ1) is 24.6. The van der Waals surface area contributed by atoms with Gasteiger partial charge in [0, 0.05) is 31.1 Å². The van der Waals surface area contributed by atoms with E-state index in [1.54, 1.807) is 25.1 Å². The van der Waals surface area contributed by atoms with Crippen molar-refractivity contribution in [3.63, 3.8) is 0 Å². The van der Waals surface area contributed by atoms with E-state index in [1.807, 2.05) is 26.0 Å². The molecule has 7 nitrogen and oxygen atoms in total. The number of carbonyl (C=O) groups is 4. The molecular weight excluding hydrogens is 425 g/mol. The maximum Gasteiger partial charge on any atom is 0.242 e. The molecule has 1 heterocycles. The van der Waals surface area contributed by atoms with Crippen LogP contribution in [0, 0.1) is 17.7 Å². The summed E-state index contributed by atoms with van der Waals surface area (Å²) < 4.78 is 14.3. The van der Waals surface area contributed by atoms with Gasteiger partial charge in [-0.2, -0.15) is 0 Å². The monoisotopic (exact) mass is 457 g/mol. The van der Waals surface area contributed by atoms with Crippen molar-refractivity contribution in [3.05, 3.63) is 47.8 Å². The Morgan fingerprint density at radius 1 is 1.12 bits per heavy atom. The van der Waals surface area contributed by atoms with Crippen LogP contribution >= 0.6 is 0 Å². The van der Waals surface area contributed by atoms with E-state index >= 15 is 0 Å². The Morgan fingerprint density at radius 2 is 1.73 bits per heavy atom. The molecule has 8 heteroatoms. The molecule has 0 bridgehead atoms. The lowest BCUT2D eigenvalue weighted by atomic mass is 9.85. The second kappa shape index (κ2) is 10.7. The van der Waals surface area contributed by atoms with E-state index in [4.69, 9.17) is 0 Å². The van der Waals surface area contributed by atoms with Crippen molar-refractivity contribution in [2.75, 3.05) is 6.54 Å². The van der Waals surface area contributed by atoms with Crippen LogP contribution in [-0.4, -0.2) is 52.1 Å². The molecule has 1 N–H and O–H groups in total. The molecule has 1 aromatic carbocycles. The predicted molar refractivity (Wildman–Crippen MR) is 121 cm³/mol. The van der Waals surface area contributed by atoms with Gasteiger partial charge in [-0.3, -0.25) is 24.1 Å². The highest BCUT2D eigenvalue weighted by Gasteiger charge is 2.47. The van der Waals surface area contributed by atoms with E-state index in [2.05, 4.69) is 5.32 Å². The van der Waals surface area contributed by atoms with Crippen LogP contribution in [0.15, 0.2) is 36.4 Å². The average Bonchev–Trinajstić information content (AvgIpc) is 3.06. The summed E-state index contributed by atoms with van der Waals surface area (Å²) in [6.45, 7) is 5.28. The summed E-state index contributed by atoms with van der Waals surface area (Å²) in [7, 11) is 0. The second-order valence-corrected chi connectivity index (χ2v) is 8.84. The van der Waals surface area contributed by atoms with Crippen LogP contribution in [0.25, 0.3) is 0 Å². The standard InChI is InChI=1S/C25H32FN3O4/c1-4-16(2)27-23(31)17(3)29(15-18-9-5-8-12-21(18)26)22(30)13-14-28-24(32)19-10-6-7-11-20(19)25(28)33/h5-9,12,16-17,19-20H,4,10-11,13-15H2,1-3H3,(H,27,31)/t16-,17-,19-,20+/m1/s1. The number of carbonyl (C=O) groups excluding carboxylic acids is 4. The number of nitrogens with zero attached hydrogens (tertiary/aromatic N) is 2. The predicted octanol–water partition coefficient (Wildman–Crippen LogP) is 2.80. The SMILES string of the molecule is CC[C@@H](C)NC(=O)[C@@H](C)N(Cc1ccccc1F)C(=O)CCN1C(=O)[C@H]2CC=CC[C@H]2C1=O. The lowest BCUT2D eigenvalue weighted by Gasteiger charge is -2.30. The van der Waals surface area contributed by atoms with Gasteiger partial charge in [0.15, 0.2) is 0 Å². The highest BCUT2D eigenvalue weighted by Crippen LogP contribution is 2.35. The summed E-state index contributed by atoms with van der Waals surface area (Å²) in [5.41, 5.74) is 0.291. The number of hydrogen-bond acceptors (Lipinski definition) is 4. The van der Waals surface area contributed by atoms with Gasteiger partial charge in [-0.05, 0) is 39.2 Å². The fraction of sp³-hybridized carbons (Fsp3) is 0.520. The highest BCUT2D eigenvalue weighted by molar-refractivity contribution is 6.05. The smallest absolute Gasteiger partial charge is 0.242 e. The molecule has 0 saturated carbocycles. The number of amides is 4. The molecule has 1 aliphatic carbocycles. The third kappa shape index (κ3) is 5.49. The summed E-state index contributed by atoms with van der Waals surface area (Å²) in [5.74, 6) is -2.42. The number of allylic oxidation sites excluding steroid dienone is 2. The van der Waals surface area contributed by atoms with Crippen molar-refractivity contribution in [2.45, 2.75) is 65.1 Å². The van der Waals surface area contributed by atoms with E-state index in [1.165, 1.54) is 15.9 Å². The van der Waals surface area contributed by atoms with Gasteiger partial charge < -0.3 is 10.2 Å². The molecule has 4 atom stereocenters. The Balaban J connectivity index is 1.73. The Kier molecular flexibility index (Phi) is 8.00. The number of fused-ring (bicyclic) bond motifs is 1. The molecule has 3 rings (SSSR count). The fourth-order valence-corrected chi connectivity index (χ4v) is 4.30. The van der Waals surface area contributed by atoms with Gasteiger partial charge in [0.2, 0.25) is 23.6 Å². The molecule has 0 radical (unpaired) electrons. The first-order valence-electron chi connectivity index (χ1n) is 11.6. The number of benzene rings is 1. The van der Waals surface area contributed by atoms with Crippen molar-refractivity contribution < 1.29 is 23.6 Å². The zero-order valence-electron chi connectivity index (χ0n) is 19.4. The number of nitrogens with one attached hydrogen (secondary N) is 1. The molecule has 4 amide bonds. The maximum atomic E-state index is 14.3. The van der Waals surface area contributed by atoms with Gasteiger partial charge in [0.25, 0.3) is 0 Å². The van der Waals surface area contributed by atoms with Crippen LogP contribution in [0.4, 0.5) is 4.39 Å². The molecular formula is C25H32FN3O4. The van der Waals surface area contributed by atoms with E-state index in [9.17, 15) is 23.6 Å². The Labute approximate surface area is 194 Å². The topological polar surface area (TPSA) is 86.8 Å². The molecule has 1 fully saturated rings. The van der Waals surface area contributed by atoms with E-state index in [0.29, 0.717) is 18.4 Å². The van der Waals surface area contributed by atoms with Crippen molar-refractivity contribution in [2.24, 2.45) is 11.8 Å². The van der Waals surface area contributed by atoms with E-state index < -0.39 is 17.8 Å². The van der Waals surface area contributed by atoms with Gasteiger partial charge in [0.05, 0.1) is 11.8 Å². The van der Waals surface area contributed by atoms with Gasteiger partial charge in [-0.25, -0.2) is 4.39 Å². The molecule has 0 aromatic heterocycles. The molecule has 1 aromatic rings. The van der Waals surface area contributed by atoms with Gasteiger partial charge in [-0.1, -0.05) is 37.3 Å². The van der Waals surface area contributed by atoms with Crippen molar-refractivity contribution in [1.82, 2.24) is 15.1 Å². The summed E-state index contributed by atoms with van der Waals surface area (Å²) >= 11 is 0. The summed E-state index contributed by atoms with van der Waals surface area (Å²) in [4.78, 5) is 53.8. The number of likely N-dealkylation sites (tertiary alicyclic amines) is 1. The molecule has 1 aliphatic heterocycles. The van der Waals surface area contributed by atoms with Crippen LogP contribution in [0.5, 0.6) is 0 Å². The lowest BCUT2D eigenvalue weighted by molar-refractivity contribution is -0.144. The summed E-state index contributed by atoms with van der Waals surface area (Å²) in [6, 6.07) is 5.19. The third-order valence-electron chi connectivity index (χ3n) is 6.61. The molecule has 33 heavy (non-hydrogen) atoms. The Hall–Kier alpha value is -3.03. The lowest BCUT2D eigenvalue weighted by Crippen LogP contribution is -2.50. The van der Waals surface area contributed by atoms with Crippen LogP contribution in [-0.2, 0) is 25.7 Å². The van der Waals surface area contributed by atoms with Gasteiger partial charge in [0.1, 0.15) is 11.9 Å². The summed E-state index contributed by atoms with van der Waals surface area (Å²) in [6.07, 6.45) is 5.50. The van der Waals surface area contributed by atoms with Crippen molar-refractivity contribution >= 4 is 23.6 Å². The molecule has 1 saturated heterocycles. The zero-order valence-corrected chi connectivity index (χ0v) is 19.4. The van der Waals surface area contributed by atoms with Crippen LogP contribution < -0.4 is 5.32 Å². The van der Waals surface area contributed by atoms with E-state index in [0.717, 1.165) is 6.42 Å². The van der Waals surface area contributed by atoms with E-state index in [-0.39, 0.29) is 55.1 Å². The first-order chi connectivity index (χ1) is 15.7. The van der Waals surface area contributed by atoms with Gasteiger partial charge >= 0.3 is 0 Å². The largest absolute Gasteiger partial charge is 0.352 e. The number of imide groups is 1. The van der Waals surface area contributed by atoms with Crippen LogP contribution in [0.2, 0.25) is 0 Å². The Bertz CT molecular complexity index is 921. The highest BCUT2D eigenvalue weighted by atomic mass is 19.1. The van der Waals surface area contributed by atoms with Crippen LogP contribution in [0.3, 0.4) is 0 Å². The minimum absolute atomic E-state index is 0.0447. The third-order valence-corrected chi connectivity index (χ3v) is 6.61. The molecule has 178 valence electrons. The molecule has 0 unspecified atom stereocenters. The minimum Gasteiger partial charge on any atom is -0.352 e. The normalized spacial score (nSPS) is 21.5. The minimum atomic E-state index is -0.845. The van der Waals surface area contributed by atoms with Crippen molar-refractivity contribution in [3.8, 4) is 0 Å².